The maximum atomic E-state index is 12.7. The van der Waals surface area contributed by atoms with E-state index in [1.807, 2.05) is 62.1 Å². The van der Waals surface area contributed by atoms with Crippen molar-refractivity contribution < 1.29 is 9.53 Å². The van der Waals surface area contributed by atoms with Crippen molar-refractivity contribution in [2.75, 3.05) is 7.11 Å². The second-order valence-electron chi connectivity index (χ2n) is 6.40. The van der Waals surface area contributed by atoms with E-state index in [2.05, 4.69) is 4.98 Å². The number of methoxy groups -OCH3 is 1. The molecule has 1 aromatic carbocycles. The van der Waals surface area contributed by atoms with E-state index in [-0.39, 0.29) is 11.9 Å². The lowest BCUT2D eigenvalue weighted by molar-refractivity contribution is -0.128. The number of allylic oxidation sites excluding steroid dienone is 1. The molecule has 1 aromatic heterocycles. The molecule has 2 rings (SSSR count). The largest absolute Gasteiger partial charge is 0.496 e. The molecule has 0 spiro atoms. The molecule has 0 N–H and O–H groups in total. The van der Waals surface area contributed by atoms with E-state index in [4.69, 9.17) is 4.74 Å². The molecule has 0 saturated heterocycles. The molecule has 1 heterocycles. The van der Waals surface area contributed by atoms with Crippen molar-refractivity contribution in [3.63, 3.8) is 0 Å². The Bertz CT molecular complexity index is 724. The molecular weight excluding hydrogens is 312 g/mol. The molecule has 0 bridgehead atoms. The van der Waals surface area contributed by atoms with Gasteiger partial charge in [0.15, 0.2) is 0 Å². The van der Waals surface area contributed by atoms with E-state index in [0.717, 1.165) is 22.4 Å². The fourth-order valence-corrected chi connectivity index (χ4v) is 2.70. The summed E-state index contributed by atoms with van der Waals surface area (Å²) in [6.45, 7) is 6.59. The van der Waals surface area contributed by atoms with Crippen molar-refractivity contribution in [3.8, 4) is 5.75 Å². The summed E-state index contributed by atoms with van der Waals surface area (Å²) in [4.78, 5) is 18.7. The van der Waals surface area contributed by atoms with Gasteiger partial charge in [0.25, 0.3) is 0 Å². The number of carbonyl (C=O) groups is 1. The predicted molar refractivity (Wildman–Crippen MR) is 100 cm³/mol. The summed E-state index contributed by atoms with van der Waals surface area (Å²) in [6.07, 6.45) is 5.95. The van der Waals surface area contributed by atoms with Crippen LogP contribution < -0.4 is 4.74 Å². The number of pyridine rings is 1. The molecule has 0 fully saturated rings. The zero-order valence-corrected chi connectivity index (χ0v) is 15.4. The first kappa shape index (κ1) is 18.7. The zero-order chi connectivity index (χ0) is 18.2. The van der Waals surface area contributed by atoms with Gasteiger partial charge in [0.05, 0.1) is 7.11 Å². The van der Waals surface area contributed by atoms with E-state index in [9.17, 15) is 4.79 Å². The summed E-state index contributed by atoms with van der Waals surface area (Å²) in [5, 5.41) is 0. The second kappa shape index (κ2) is 9.02. The lowest BCUT2D eigenvalue weighted by Gasteiger charge is -2.26. The van der Waals surface area contributed by atoms with Gasteiger partial charge in [-0.3, -0.25) is 9.78 Å². The Balaban J connectivity index is 2.11. The smallest absolute Gasteiger partial charge is 0.247 e. The number of para-hydroxylation sites is 1. The summed E-state index contributed by atoms with van der Waals surface area (Å²) in [6, 6.07) is 11.9. The van der Waals surface area contributed by atoms with E-state index in [1.165, 1.54) is 0 Å². The van der Waals surface area contributed by atoms with Gasteiger partial charge in [0.2, 0.25) is 5.91 Å². The number of amides is 1. The molecular formula is C21H26N2O2. The molecule has 2 aromatic rings. The third kappa shape index (κ3) is 5.45. The van der Waals surface area contributed by atoms with Crippen molar-refractivity contribution in [3.05, 3.63) is 71.6 Å². The maximum Gasteiger partial charge on any atom is 0.247 e. The molecule has 132 valence electrons. The molecule has 0 unspecified atom stereocenters. The standard InChI is InChI=1S/C21H26N2O2/c1-16(2)23(15-18-8-7-11-22-14-18)21(24)13-17(3)12-19-9-5-6-10-20(19)25-4/h5-11,13-14,16H,12,15H2,1-4H3/b17-13+. The monoisotopic (exact) mass is 338 g/mol. The first-order valence-corrected chi connectivity index (χ1v) is 8.50. The fraction of sp³-hybridized carbons (Fsp3) is 0.333. The predicted octanol–water partition coefficient (Wildman–Crippen LogP) is 4.02. The quantitative estimate of drug-likeness (QED) is 0.716. The Labute approximate surface area is 150 Å². The Morgan fingerprint density at radius 2 is 2.00 bits per heavy atom. The van der Waals surface area contributed by atoms with Crippen LogP contribution in [0.3, 0.4) is 0 Å². The Morgan fingerprint density at radius 3 is 2.64 bits per heavy atom. The summed E-state index contributed by atoms with van der Waals surface area (Å²) in [5.41, 5.74) is 3.11. The van der Waals surface area contributed by atoms with Gasteiger partial charge in [0, 0.05) is 31.1 Å². The summed E-state index contributed by atoms with van der Waals surface area (Å²) in [7, 11) is 1.66. The maximum absolute atomic E-state index is 12.7. The Morgan fingerprint density at radius 1 is 1.24 bits per heavy atom. The molecule has 0 aliphatic carbocycles. The van der Waals surface area contributed by atoms with Gasteiger partial charge >= 0.3 is 0 Å². The van der Waals surface area contributed by atoms with Gasteiger partial charge < -0.3 is 9.64 Å². The van der Waals surface area contributed by atoms with Gasteiger partial charge in [-0.2, -0.15) is 0 Å². The lowest BCUT2D eigenvalue weighted by Crippen LogP contribution is -2.35. The molecule has 0 radical (unpaired) electrons. The number of aromatic nitrogens is 1. The third-order valence-electron chi connectivity index (χ3n) is 4.01. The first-order chi connectivity index (χ1) is 12.0. The van der Waals surface area contributed by atoms with Crippen LogP contribution in [0.4, 0.5) is 0 Å². The number of rotatable bonds is 7. The number of hydrogen-bond acceptors (Lipinski definition) is 3. The summed E-state index contributed by atoms with van der Waals surface area (Å²) < 4.78 is 5.39. The van der Waals surface area contributed by atoms with Crippen LogP contribution in [-0.4, -0.2) is 28.9 Å². The normalized spacial score (nSPS) is 11.5. The van der Waals surface area contributed by atoms with Crippen molar-refractivity contribution in [1.29, 1.82) is 0 Å². The summed E-state index contributed by atoms with van der Waals surface area (Å²) >= 11 is 0. The minimum absolute atomic E-state index is 0.0197. The van der Waals surface area contributed by atoms with Crippen molar-refractivity contribution in [2.24, 2.45) is 0 Å². The van der Waals surface area contributed by atoms with Gasteiger partial charge in [-0.25, -0.2) is 0 Å². The highest BCUT2D eigenvalue weighted by Gasteiger charge is 2.16. The highest BCUT2D eigenvalue weighted by atomic mass is 16.5. The highest BCUT2D eigenvalue weighted by Crippen LogP contribution is 2.21. The van der Waals surface area contributed by atoms with Crippen LogP contribution in [0, 0.1) is 0 Å². The van der Waals surface area contributed by atoms with E-state index in [0.29, 0.717) is 13.0 Å². The van der Waals surface area contributed by atoms with Crippen LogP contribution in [-0.2, 0) is 17.8 Å². The van der Waals surface area contributed by atoms with Crippen LogP contribution >= 0.6 is 0 Å². The van der Waals surface area contributed by atoms with Crippen LogP contribution in [0.15, 0.2) is 60.4 Å². The van der Waals surface area contributed by atoms with Crippen molar-refractivity contribution in [1.82, 2.24) is 9.88 Å². The molecule has 4 heteroatoms. The van der Waals surface area contributed by atoms with Gasteiger partial charge in [-0.15, -0.1) is 0 Å². The molecule has 0 aliphatic heterocycles. The number of benzene rings is 1. The van der Waals surface area contributed by atoms with Crippen LogP contribution in [0.5, 0.6) is 5.75 Å². The van der Waals surface area contributed by atoms with Gasteiger partial charge in [-0.05, 0) is 50.5 Å². The molecule has 4 nitrogen and oxygen atoms in total. The fourth-order valence-electron chi connectivity index (χ4n) is 2.70. The Hall–Kier alpha value is -2.62. The lowest BCUT2D eigenvalue weighted by atomic mass is 10.0. The van der Waals surface area contributed by atoms with Crippen molar-refractivity contribution in [2.45, 2.75) is 39.8 Å². The van der Waals surface area contributed by atoms with Crippen molar-refractivity contribution >= 4 is 5.91 Å². The van der Waals surface area contributed by atoms with Crippen LogP contribution in [0.25, 0.3) is 0 Å². The topological polar surface area (TPSA) is 42.4 Å². The first-order valence-electron chi connectivity index (χ1n) is 8.50. The Kier molecular flexibility index (Phi) is 6.75. The second-order valence-corrected chi connectivity index (χ2v) is 6.40. The van der Waals surface area contributed by atoms with Crippen LogP contribution in [0.2, 0.25) is 0 Å². The molecule has 0 saturated carbocycles. The molecule has 0 atom stereocenters. The number of carbonyl (C=O) groups excluding carboxylic acids is 1. The highest BCUT2D eigenvalue weighted by molar-refractivity contribution is 5.88. The van der Waals surface area contributed by atoms with E-state index >= 15 is 0 Å². The summed E-state index contributed by atoms with van der Waals surface area (Å²) in [5.74, 6) is 0.866. The van der Waals surface area contributed by atoms with E-state index in [1.54, 1.807) is 25.6 Å². The number of ether oxygens (including phenoxy) is 1. The minimum atomic E-state index is 0.0197. The SMILES string of the molecule is COc1ccccc1C/C(C)=C/C(=O)N(Cc1cccnc1)C(C)C. The molecule has 0 aliphatic rings. The van der Waals surface area contributed by atoms with Gasteiger partial charge in [0.1, 0.15) is 5.75 Å². The third-order valence-corrected chi connectivity index (χ3v) is 4.01. The molecule has 25 heavy (non-hydrogen) atoms. The van der Waals surface area contributed by atoms with E-state index < -0.39 is 0 Å². The number of nitrogens with zero attached hydrogens (tertiary/aromatic N) is 2. The number of hydrogen-bond donors (Lipinski definition) is 0. The zero-order valence-electron chi connectivity index (χ0n) is 15.4. The van der Waals surface area contributed by atoms with Crippen LogP contribution in [0.1, 0.15) is 31.9 Å². The molecule has 1 amide bonds. The average molecular weight is 338 g/mol. The minimum Gasteiger partial charge on any atom is -0.496 e. The van der Waals surface area contributed by atoms with Gasteiger partial charge in [-0.1, -0.05) is 29.8 Å². The average Bonchev–Trinajstić information content (AvgIpc) is 2.60.